The third-order valence-corrected chi connectivity index (χ3v) is 4.61. The van der Waals surface area contributed by atoms with E-state index in [1.165, 1.54) is 42.5 Å². The summed E-state index contributed by atoms with van der Waals surface area (Å²) in [5, 5.41) is 3.66. The Balaban J connectivity index is 1.40. The molecule has 0 saturated heterocycles. The summed E-state index contributed by atoms with van der Waals surface area (Å²) in [5.41, 5.74) is 4.15. The van der Waals surface area contributed by atoms with Crippen molar-refractivity contribution in [3.05, 3.63) is 60.2 Å². The van der Waals surface area contributed by atoms with Gasteiger partial charge in [-0.15, -0.1) is 0 Å². The van der Waals surface area contributed by atoms with E-state index in [9.17, 15) is 0 Å². The molecule has 0 radical (unpaired) electrons. The first-order valence-electron chi connectivity index (χ1n) is 7.79. The molecule has 20 heavy (non-hydrogen) atoms. The van der Waals surface area contributed by atoms with E-state index in [1.807, 2.05) is 0 Å². The summed E-state index contributed by atoms with van der Waals surface area (Å²) in [4.78, 5) is 0. The topological polar surface area (TPSA) is 12.0 Å². The third kappa shape index (κ3) is 2.64. The minimum Gasteiger partial charge on any atom is -0.314 e. The van der Waals surface area contributed by atoms with Crippen molar-refractivity contribution in [2.75, 3.05) is 6.54 Å². The normalized spacial score (nSPS) is 24.6. The molecule has 0 spiro atoms. The number of rotatable bonds is 5. The monoisotopic (exact) mass is 263 g/mol. The van der Waals surface area contributed by atoms with Crippen molar-refractivity contribution >= 4 is 0 Å². The standard InChI is InChI=1S/C19H21N/c1-2-4-14(5-3-1)15-6-8-16(9-7-15)19-12-17(19)13-20-18-10-11-18/h1-9,17-20H,10-13H2. The first-order valence-corrected chi connectivity index (χ1v) is 7.79. The van der Waals surface area contributed by atoms with Crippen molar-refractivity contribution in [2.45, 2.75) is 31.2 Å². The van der Waals surface area contributed by atoms with Crippen LogP contribution in [0.25, 0.3) is 11.1 Å². The molecule has 1 N–H and O–H groups in total. The summed E-state index contributed by atoms with van der Waals surface area (Å²) in [6.07, 6.45) is 4.15. The average Bonchev–Trinajstić information content (AvgIpc) is 3.40. The molecule has 0 aromatic heterocycles. The van der Waals surface area contributed by atoms with E-state index in [2.05, 4.69) is 59.9 Å². The Morgan fingerprint density at radius 1 is 0.850 bits per heavy atom. The molecule has 4 rings (SSSR count). The highest BCUT2D eigenvalue weighted by atomic mass is 15.0. The van der Waals surface area contributed by atoms with Crippen molar-refractivity contribution in [1.82, 2.24) is 5.32 Å². The Bertz CT molecular complexity index is 568. The van der Waals surface area contributed by atoms with E-state index < -0.39 is 0 Å². The Morgan fingerprint density at radius 2 is 1.55 bits per heavy atom. The van der Waals surface area contributed by atoms with Gasteiger partial charge in [0.1, 0.15) is 0 Å². The van der Waals surface area contributed by atoms with Crippen LogP contribution >= 0.6 is 0 Å². The first kappa shape index (κ1) is 12.2. The van der Waals surface area contributed by atoms with E-state index in [-0.39, 0.29) is 0 Å². The summed E-state index contributed by atoms with van der Waals surface area (Å²) < 4.78 is 0. The molecule has 0 amide bonds. The Morgan fingerprint density at radius 3 is 2.25 bits per heavy atom. The van der Waals surface area contributed by atoms with Gasteiger partial charge in [-0.05, 0) is 54.3 Å². The molecule has 2 aromatic rings. The summed E-state index contributed by atoms with van der Waals surface area (Å²) in [7, 11) is 0. The largest absolute Gasteiger partial charge is 0.314 e. The van der Waals surface area contributed by atoms with Crippen LogP contribution < -0.4 is 5.32 Å². The maximum Gasteiger partial charge on any atom is 0.00683 e. The second-order valence-electron chi connectivity index (χ2n) is 6.27. The van der Waals surface area contributed by atoms with Crippen LogP contribution in [0.1, 0.15) is 30.7 Å². The van der Waals surface area contributed by atoms with Crippen LogP contribution in [-0.4, -0.2) is 12.6 Å². The van der Waals surface area contributed by atoms with Crippen LogP contribution in [0.3, 0.4) is 0 Å². The molecule has 1 nitrogen and oxygen atoms in total. The van der Waals surface area contributed by atoms with Crippen LogP contribution in [0, 0.1) is 5.92 Å². The highest BCUT2D eigenvalue weighted by Gasteiger charge is 2.38. The minimum atomic E-state index is 0.797. The molecular weight excluding hydrogens is 242 g/mol. The number of hydrogen-bond donors (Lipinski definition) is 1. The molecule has 0 heterocycles. The number of benzene rings is 2. The highest BCUT2D eigenvalue weighted by Crippen LogP contribution is 2.47. The van der Waals surface area contributed by atoms with Gasteiger partial charge in [0.15, 0.2) is 0 Å². The Labute approximate surface area is 121 Å². The first-order chi connectivity index (χ1) is 9.90. The molecular formula is C19H21N. The molecule has 2 atom stereocenters. The molecule has 2 aliphatic rings. The van der Waals surface area contributed by atoms with Crippen molar-refractivity contribution in [1.29, 1.82) is 0 Å². The van der Waals surface area contributed by atoms with E-state index >= 15 is 0 Å². The van der Waals surface area contributed by atoms with Gasteiger partial charge >= 0.3 is 0 Å². The summed E-state index contributed by atoms with van der Waals surface area (Å²) in [5.74, 6) is 1.67. The predicted octanol–water partition coefficient (Wildman–Crippen LogP) is 4.21. The molecule has 0 aliphatic heterocycles. The molecule has 0 bridgehead atoms. The molecule has 2 aromatic carbocycles. The summed E-state index contributed by atoms with van der Waals surface area (Å²) in [6, 6.07) is 20.7. The zero-order chi connectivity index (χ0) is 13.4. The molecule has 2 unspecified atom stereocenters. The van der Waals surface area contributed by atoms with E-state index in [1.54, 1.807) is 0 Å². The van der Waals surface area contributed by atoms with E-state index in [4.69, 9.17) is 0 Å². The van der Waals surface area contributed by atoms with Gasteiger partial charge in [0.2, 0.25) is 0 Å². The van der Waals surface area contributed by atoms with Gasteiger partial charge in [-0.3, -0.25) is 0 Å². The molecule has 102 valence electrons. The lowest BCUT2D eigenvalue weighted by Crippen LogP contribution is -2.19. The fourth-order valence-electron chi connectivity index (χ4n) is 3.04. The zero-order valence-electron chi connectivity index (χ0n) is 11.8. The van der Waals surface area contributed by atoms with Crippen molar-refractivity contribution in [3.63, 3.8) is 0 Å². The zero-order valence-corrected chi connectivity index (χ0v) is 11.8. The second kappa shape index (κ2) is 5.06. The predicted molar refractivity (Wildman–Crippen MR) is 83.8 cm³/mol. The average molecular weight is 263 g/mol. The third-order valence-electron chi connectivity index (χ3n) is 4.61. The van der Waals surface area contributed by atoms with Crippen molar-refractivity contribution in [3.8, 4) is 11.1 Å². The molecule has 2 saturated carbocycles. The molecule has 1 heteroatoms. The van der Waals surface area contributed by atoms with Crippen molar-refractivity contribution in [2.24, 2.45) is 5.92 Å². The van der Waals surface area contributed by atoms with Gasteiger partial charge in [0, 0.05) is 6.04 Å². The Kier molecular flexibility index (Phi) is 3.08. The fourth-order valence-corrected chi connectivity index (χ4v) is 3.04. The maximum atomic E-state index is 3.66. The van der Waals surface area contributed by atoms with Gasteiger partial charge < -0.3 is 5.32 Å². The van der Waals surface area contributed by atoms with E-state index in [0.29, 0.717) is 0 Å². The van der Waals surface area contributed by atoms with Gasteiger partial charge in [-0.2, -0.15) is 0 Å². The van der Waals surface area contributed by atoms with Crippen LogP contribution in [0.15, 0.2) is 54.6 Å². The SMILES string of the molecule is c1ccc(-c2ccc(C3CC3CNC3CC3)cc2)cc1. The minimum absolute atomic E-state index is 0.797. The Hall–Kier alpha value is -1.60. The van der Waals surface area contributed by atoms with Crippen LogP contribution in [0.5, 0.6) is 0 Å². The van der Waals surface area contributed by atoms with Gasteiger partial charge in [0.05, 0.1) is 0 Å². The molecule has 2 fully saturated rings. The number of hydrogen-bond acceptors (Lipinski definition) is 1. The lowest BCUT2D eigenvalue weighted by Gasteiger charge is -2.05. The smallest absolute Gasteiger partial charge is 0.00683 e. The van der Waals surface area contributed by atoms with Crippen LogP contribution in [0.2, 0.25) is 0 Å². The molecule has 2 aliphatic carbocycles. The lowest BCUT2D eigenvalue weighted by molar-refractivity contribution is 0.624. The van der Waals surface area contributed by atoms with Gasteiger partial charge in [0.25, 0.3) is 0 Å². The highest BCUT2D eigenvalue weighted by molar-refractivity contribution is 5.63. The van der Waals surface area contributed by atoms with Crippen LogP contribution in [0.4, 0.5) is 0 Å². The summed E-state index contributed by atoms with van der Waals surface area (Å²) >= 11 is 0. The quantitative estimate of drug-likeness (QED) is 0.852. The van der Waals surface area contributed by atoms with Gasteiger partial charge in [-0.25, -0.2) is 0 Å². The van der Waals surface area contributed by atoms with Gasteiger partial charge in [-0.1, -0.05) is 54.6 Å². The summed E-state index contributed by atoms with van der Waals surface area (Å²) in [6.45, 7) is 1.22. The van der Waals surface area contributed by atoms with Crippen LogP contribution in [-0.2, 0) is 0 Å². The lowest BCUT2D eigenvalue weighted by atomic mass is 10.0. The van der Waals surface area contributed by atoms with Crippen molar-refractivity contribution < 1.29 is 0 Å². The number of nitrogens with one attached hydrogen (secondary N) is 1. The second-order valence-corrected chi connectivity index (χ2v) is 6.27. The van der Waals surface area contributed by atoms with E-state index in [0.717, 1.165) is 17.9 Å². The maximum absolute atomic E-state index is 3.66. The fraction of sp³-hybridized carbons (Fsp3) is 0.368.